The Morgan fingerprint density at radius 2 is 1.74 bits per heavy atom. The van der Waals surface area contributed by atoms with Crippen molar-refractivity contribution in [1.29, 1.82) is 0 Å². The lowest BCUT2D eigenvalue weighted by atomic mass is 9.76. The molecule has 2 rings (SSSR count). The highest BCUT2D eigenvalue weighted by Gasteiger charge is 2.39. The maximum Gasteiger partial charge on any atom is 0.420 e. The predicted molar refractivity (Wildman–Crippen MR) is 69.8 cm³/mol. The van der Waals surface area contributed by atoms with Crippen molar-refractivity contribution in [2.45, 2.75) is 43.8 Å². The molecule has 0 bridgehead atoms. The van der Waals surface area contributed by atoms with E-state index in [0.717, 1.165) is 25.3 Å². The van der Waals surface area contributed by atoms with Crippen LogP contribution in [-0.4, -0.2) is 5.11 Å². The maximum absolute atomic E-state index is 12.9. The van der Waals surface area contributed by atoms with Gasteiger partial charge in [0.1, 0.15) is 5.75 Å². The van der Waals surface area contributed by atoms with Crippen LogP contribution in [0, 0.1) is 0 Å². The molecule has 0 atom stereocenters. The molecule has 19 heavy (non-hydrogen) atoms. The lowest BCUT2D eigenvalue weighted by molar-refractivity contribution is -0.138. The second kappa shape index (κ2) is 4.98. The van der Waals surface area contributed by atoms with Crippen molar-refractivity contribution in [3.05, 3.63) is 27.7 Å². The number of hydrogen-bond donors (Lipinski definition) is 2. The van der Waals surface area contributed by atoms with Gasteiger partial charge in [-0.3, -0.25) is 0 Å². The average Bonchev–Trinajstić information content (AvgIpc) is 2.31. The van der Waals surface area contributed by atoms with Crippen LogP contribution in [0.4, 0.5) is 13.2 Å². The monoisotopic (exact) mass is 337 g/mol. The molecule has 6 heteroatoms. The molecule has 0 spiro atoms. The molecule has 1 saturated carbocycles. The van der Waals surface area contributed by atoms with Gasteiger partial charge in [-0.05, 0) is 25.0 Å². The summed E-state index contributed by atoms with van der Waals surface area (Å²) in [6, 6.07) is 2.38. The highest BCUT2D eigenvalue weighted by molar-refractivity contribution is 9.10. The van der Waals surface area contributed by atoms with Gasteiger partial charge in [-0.15, -0.1) is 0 Å². The second-order valence-corrected chi connectivity index (χ2v) is 5.98. The Bertz CT molecular complexity index is 482. The van der Waals surface area contributed by atoms with Crippen molar-refractivity contribution in [2.24, 2.45) is 5.73 Å². The molecular weight excluding hydrogens is 323 g/mol. The number of halogens is 4. The Hall–Kier alpha value is -0.750. The van der Waals surface area contributed by atoms with E-state index in [1.54, 1.807) is 0 Å². The standard InChI is InChI=1S/C13H15BrF3NO/c14-8-6-9(12(18)4-2-1-3-5-12)11(19)10(7-8)13(15,16)17/h6-7,19H,1-5,18H2. The van der Waals surface area contributed by atoms with Gasteiger partial charge in [0.2, 0.25) is 0 Å². The van der Waals surface area contributed by atoms with Gasteiger partial charge < -0.3 is 10.8 Å². The molecule has 3 N–H and O–H groups in total. The van der Waals surface area contributed by atoms with Crippen LogP contribution in [0.3, 0.4) is 0 Å². The zero-order valence-electron chi connectivity index (χ0n) is 10.2. The normalized spacial score (nSPS) is 19.4. The predicted octanol–water partition coefficient (Wildman–Crippen LogP) is 4.29. The third-order valence-electron chi connectivity index (χ3n) is 3.66. The summed E-state index contributed by atoms with van der Waals surface area (Å²) in [6.07, 6.45) is -0.649. The summed E-state index contributed by atoms with van der Waals surface area (Å²) in [7, 11) is 0. The molecule has 1 fully saturated rings. The lowest BCUT2D eigenvalue weighted by Crippen LogP contribution is -2.39. The van der Waals surface area contributed by atoms with Gasteiger partial charge in [0.15, 0.2) is 0 Å². The summed E-state index contributed by atoms with van der Waals surface area (Å²) in [4.78, 5) is 0. The van der Waals surface area contributed by atoms with Gasteiger partial charge in [-0.2, -0.15) is 13.2 Å². The molecule has 0 heterocycles. The van der Waals surface area contributed by atoms with Crippen LogP contribution in [0.15, 0.2) is 16.6 Å². The number of nitrogens with two attached hydrogens (primary N) is 1. The highest BCUT2D eigenvalue weighted by atomic mass is 79.9. The number of rotatable bonds is 1. The van der Waals surface area contributed by atoms with Gasteiger partial charge >= 0.3 is 6.18 Å². The fraction of sp³-hybridized carbons (Fsp3) is 0.538. The maximum atomic E-state index is 12.9. The number of alkyl halides is 3. The van der Waals surface area contributed by atoms with Crippen molar-refractivity contribution in [1.82, 2.24) is 0 Å². The fourth-order valence-electron chi connectivity index (χ4n) is 2.65. The quantitative estimate of drug-likeness (QED) is 0.802. The SMILES string of the molecule is NC1(c2cc(Br)cc(C(F)(F)F)c2O)CCCCC1. The molecule has 0 aromatic heterocycles. The minimum absolute atomic E-state index is 0.189. The zero-order chi connectivity index (χ0) is 14.3. The van der Waals surface area contributed by atoms with E-state index < -0.39 is 23.0 Å². The third-order valence-corrected chi connectivity index (χ3v) is 4.12. The van der Waals surface area contributed by atoms with Crippen LogP contribution >= 0.6 is 15.9 Å². The lowest BCUT2D eigenvalue weighted by Gasteiger charge is -2.35. The van der Waals surface area contributed by atoms with Crippen LogP contribution in [-0.2, 0) is 11.7 Å². The van der Waals surface area contributed by atoms with Gasteiger partial charge in [0.25, 0.3) is 0 Å². The van der Waals surface area contributed by atoms with Crippen LogP contribution < -0.4 is 5.73 Å². The smallest absolute Gasteiger partial charge is 0.420 e. The van der Waals surface area contributed by atoms with Gasteiger partial charge in [0, 0.05) is 15.6 Å². The highest BCUT2D eigenvalue weighted by Crippen LogP contribution is 2.45. The minimum atomic E-state index is -4.59. The fourth-order valence-corrected chi connectivity index (χ4v) is 3.10. The van der Waals surface area contributed by atoms with E-state index in [2.05, 4.69) is 15.9 Å². The van der Waals surface area contributed by atoms with Crippen LogP contribution in [0.2, 0.25) is 0 Å². The minimum Gasteiger partial charge on any atom is -0.507 e. The van der Waals surface area contributed by atoms with Gasteiger partial charge in [-0.1, -0.05) is 35.2 Å². The first-order chi connectivity index (χ1) is 8.74. The molecule has 0 radical (unpaired) electrons. The Labute approximate surface area is 117 Å². The van der Waals surface area contributed by atoms with E-state index in [0.29, 0.717) is 12.8 Å². The Morgan fingerprint density at radius 3 is 2.26 bits per heavy atom. The second-order valence-electron chi connectivity index (χ2n) is 5.06. The van der Waals surface area contributed by atoms with Crippen LogP contribution in [0.5, 0.6) is 5.75 Å². The molecule has 2 nitrogen and oxygen atoms in total. The summed E-state index contributed by atoms with van der Waals surface area (Å²) >= 11 is 3.06. The Kier molecular flexibility index (Phi) is 3.84. The number of hydrogen-bond acceptors (Lipinski definition) is 2. The number of benzene rings is 1. The summed E-state index contributed by atoms with van der Waals surface area (Å²) < 4.78 is 38.9. The Balaban J connectivity index is 2.54. The van der Waals surface area contributed by atoms with Crippen LogP contribution in [0.25, 0.3) is 0 Å². The summed E-state index contributed by atoms with van der Waals surface area (Å²) in [5, 5.41) is 9.95. The number of phenols is 1. The van der Waals surface area contributed by atoms with E-state index in [-0.39, 0.29) is 10.0 Å². The molecule has 1 aromatic rings. The first-order valence-electron chi connectivity index (χ1n) is 6.13. The van der Waals surface area contributed by atoms with Crippen molar-refractivity contribution in [3.8, 4) is 5.75 Å². The molecule has 106 valence electrons. The molecule has 1 aliphatic carbocycles. The van der Waals surface area contributed by atoms with Crippen molar-refractivity contribution < 1.29 is 18.3 Å². The molecular formula is C13H15BrF3NO. The van der Waals surface area contributed by atoms with E-state index in [4.69, 9.17) is 5.73 Å². The van der Waals surface area contributed by atoms with E-state index in [1.165, 1.54) is 6.07 Å². The number of phenolic OH excluding ortho intramolecular Hbond substituents is 1. The van der Waals surface area contributed by atoms with Crippen molar-refractivity contribution in [3.63, 3.8) is 0 Å². The van der Waals surface area contributed by atoms with E-state index >= 15 is 0 Å². The van der Waals surface area contributed by atoms with Crippen molar-refractivity contribution in [2.75, 3.05) is 0 Å². The zero-order valence-corrected chi connectivity index (χ0v) is 11.8. The van der Waals surface area contributed by atoms with Gasteiger partial charge in [0.05, 0.1) is 5.56 Å². The topological polar surface area (TPSA) is 46.2 Å². The summed E-state index contributed by atoms with van der Waals surface area (Å²) in [5.74, 6) is -0.736. The van der Waals surface area contributed by atoms with Gasteiger partial charge in [-0.25, -0.2) is 0 Å². The third kappa shape index (κ3) is 2.89. The summed E-state index contributed by atoms with van der Waals surface area (Å²) in [6.45, 7) is 0. The first kappa shape index (κ1) is 14.7. The molecule has 0 aliphatic heterocycles. The van der Waals surface area contributed by atoms with Crippen LogP contribution in [0.1, 0.15) is 43.2 Å². The van der Waals surface area contributed by atoms with Crippen molar-refractivity contribution >= 4 is 15.9 Å². The Morgan fingerprint density at radius 1 is 1.16 bits per heavy atom. The molecule has 1 aliphatic rings. The average molecular weight is 338 g/mol. The van der Waals surface area contributed by atoms with E-state index in [9.17, 15) is 18.3 Å². The first-order valence-corrected chi connectivity index (χ1v) is 6.92. The molecule has 0 saturated heterocycles. The molecule has 0 amide bonds. The molecule has 1 aromatic carbocycles. The largest absolute Gasteiger partial charge is 0.507 e. The number of aromatic hydroxyl groups is 1. The summed E-state index contributed by atoms with van der Waals surface area (Å²) in [5.41, 5.74) is 4.50. The van der Waals surface area contributed by atoms with E-state index in [1.807, 2.05) is 0 Å². The molecule has 0 unspecified atom stereocenters.